The molecule has 1 heterocycles. The Bertz CT molecular complexity index is 422. The third-order valence-corrected chi connectivity index (χ3v) is 4.96. The lowest BCUT2D eigenvalue weighted by molar-refractivity contribution is -0.0236. The van der Waals surface area contributed by atoms with E-state index in [0.717, 1.165) is 23.6 Å². The van der Waals surface area contributed by atoms with E-state index < -0.39 is 0 Å². The molecule has 2 atom stereocenters. The zero-order valence-electron chi connectivity index (χ0n) is 12.9. The van der Waals surface area contributed by atoms with Crippen LogP contribution in [-0.4, -0.2) is 18.5 Å². The second kappa shape index (κ2) is 6.86. The van der Waals surface area contributed by atoms with Gasteiger partial charge in [-0.3, -0.25) is 4.79 Å². The van der Waals surface area contributed by atoms with Crippen LogP contribution < -0.4 is 0 Å². The second-order valence-electron chi connectivity index (χ2n) is 6.91. The molecule has 2 unspecified atom stereocenters. The Morgan fingerprint density at radius 1 is 1.45 bits per heavy atom. The lowest BCUT2D eigenvalue weighted by atomic mass is 9.71. The van der Waals surface area contributed by atoms with Gasteiger partial charge in [0.15, 0.2) is 5.78 Å². The molecule has 2 rings (SSSR count). The SMILES string of the molecule is CC1CC(OCCCC(=O)c2cccs2)CC(C)(C)C1. The van der Waals surface area contributed by atoms with Crippen molar-refractivity contribution >= 4 is 17.1 Å². The van der Waals surface area contributed by atoms with Gasteiger partial charge in [-0.15, -0.1) is 11.3 Å². The summed E-state index contributed by atoms with van der Waals surface area (Å²) in [4.78, 5) is 12.7. The Hall–Kier alpha value is -0.670. The maximum atomic E-state index is 11.9. The van der Waals surface area contributed by atoms with E-state index in [1.165, 1.54) is 24.2 Å². The zero-order valence-corrected chi connectivity index (χ0v) is 13.7. The molecule has 2 nitrogen and oxygen atoms in total. The van der Waals surface area contributed by atoms with Crippen LogP contribution in [0, 0.1) is 11.3 Å². The molecule has 0 amide bonds. The Labute approximate surface area is 126 Å². The first kappa shape index (κ1) is 15.7. The van der Waals surface area contributed by atoms with Gasteiger partial charge in [-0.1, -0.05) is 26.8 Å². The van der Waals surface area contributed by atoms with Gasteiger partial charge < -0.3 is 4.74 Å². The van der Waals surface area contributed by atoms with E-state index in [4.69, 9.17) is 4.74 Å². The maximum absolute atomic E-state index is 11.9. The van der Waals surface area contributed by atoms with Gasteiger partial charge in [-0.05, 0) is 48.5 Å². The van der Waals surface area contributed by atoms with E-state index in [1.807, 2.05) is 17.5 Å². The Morgan fingerprint density at radius 3 is 2.90 bits per heavy atom. The van der Waals surface area contributed by atoms with Crippen molar-refractivity contribution in [1.82, 2.24) is 0 Å². The van der Waals surface area contributed by atoms with Crippen LogP contribution in [0.5, 0.6) is 0 Å². The average molecular weight is 294 g/mol. The van der Waals surface area contributed by atoms with Gasteiger partial charge in [0.1, 0.15) is 0 Å². The molecule has 1 aliphatic carbocycles. The van der Waals surface area contributed by atoms with Gasteiger partial charge in [0.05, 0.1) is 11.0 Å². The van der Waals surface area contributed by atoms with Gasteiger partial charge >= 0.3 is 0 Å². The monoisotopic (exact) mass is 294 g/mol. The topological polar surface area (TPSA) is 26.3 Å². The summed E-state index contributed by atoms with van der Waals surface area (Å²) in [6.07, 6.45) is 5.43. The van der Waals surface area contributed by atoms with E-state index in [1.54, 1.807) is 0 Å². The summed E-state index contributed by atoms with van der Waals surface area (Å²) in [5, 5.41) is 1.95. The van der Waals surface area contributed by atoms with Gasteiger partial charge in [0, 0.05) is 13.0 Å². The summed E-state index contributed by atoms with van der Waals surface area (Å²) in [5.41, 5.74) is 0.398. The molecule has 20 heavy (non-hydrogen) atoms. The molecule has 1 aromatic rings. The summed E-state index contributed by atoms with van der Waals surface area (Å²) in [5.74, 6) is 0.998. The molecule has 112 valence electrons. The quantitative estimate of drug-likeness (QED) is 0.548. The first-order valence-electron chi connectivity index (χ1n) is 7.64. The number of carbonyl (C=O) groups excluding carboxylic acids is 1. The molecule has 0 saturated heterocycles. The third-order valence-electron chi connectivity index (χ3n) is 4.04. The normalized spacial score (nSPS) is 25.6. The van der Waals surface area contributed by atoms with E-state index in [2.05, 4.69) is 20.8 Å². The molecular weight excluding hydrogens is 268 g/mol. The smallest absolute Gasteiger partial charge is 0.172 e. The minimum absolute atomic E-state index is 0.251. The van der Waals surface area contributed by atoms with Gasteiger partial charge in [-0.25, -0.2) is 0 Å². The average Bonchev–Trinajstić information content (AvgIpc) is 2.85. The van der Waals surface area contributed by atoms with Crippen LogP contribution in [0.25, 0.3) is 0 Å². The number of hydrogen-bond acceptors (Lipinski definition) is 3. The molecule has 1 fully saturated rings. The largest absolute Gasteiger partial charge is 0.378 e. The van der Waals surface area contributed by atoms with E-state index in [0.29, 0.717) is 24.5 Å². The molecule has 1 aliphatic rings. The van der Waals surface area contributed by atoms with Gasteiger partial charge in [-0.2, -0.15) is 0 Å². The minimum atomic E-state index is 0.251. The summed E-state index contributed by atoms with van der Waals surface area (Å²) < 4.78 is 6.01. The molecule has 0 N–H and O–H groups in total. The molecule has 0 aromatic carbocycles. The summed E-state index contributed by atoms with van der Waals surface area (Å²) in [7, 11) is 0. The minimum Gasteiger partial charge on any atom is -0.378 e. The zero-order chi connectivity index (χ0) is 14.6. The number of rotatable bonds is 6. The highest BCUT2D eigenvalue weighted by atomic mass is 32.1. The molecule has 1 saturated carbocycles. The van der Waals surface area contributed by atoms with Crippen molar-refractivity contribution in [3.63, 3.8) is 0 Å². The summed E-state index contributed by atoms with van der Waals surface area (Å²) in [6, 6.07) is 3.83. The van der Waals surface area contributed by atoms with Crippen LogP contribution in [0.2, 0.25) is 0 Å². The van der Waals surface area contributed by atoms with Crippen molar-refractivity contribution in [2.45, 2.75) is 59.0 Å². The molecule has 0 spiro atoms. The second-order valence-corrected chi connectivity index (χ2v) is 7.86. The first-order valence-corrected chi connectivity index (χ1v) is 8.52. The van der Waals surface area contributed by atoms with Crippen LogP contribution in [-0.2, 0) is 4.74 Å². The highest BCUT2D eigenvalue weighted by molar-refractivity contribution is 7.12. The van der Waals surface area contributed by atoms with Crippen molar-refractivity contribution in [3.05, 3.63) is 22.4 Å². The summed E-state index contributed by atoms with van der Waals surface area (Å²) >= 11 is 1.53. The number of carbonyl (C=O) groups is 1. The van der Waals surface area contributed by atoms with Crippen LogP contribution in [0.3, 0.4) is 0 Å². The van der Waals surface area contributed by atoms with E-state index >= 15 is 0 Å². The van der Waals surface area contributed by atoms with E-state index in [-0.39, 0.29) is 5.78 Å². The number of thiophene rings is 1. The Kier molecular flexibility index (Phi) is 5.39. The van der Waals surface area contributed by atoms with E-state index in [9.17, 15) is 4.79 Å². The summed E-state index contributed by atoms with van der Waals surface area (Å²) in [6.45, 7) is 7.70. The highest BCUT2D eigenvalue weighted by Gasteiger charge is 2.32. The lowest BCUT2D eigenvalue weighted by Gasteiger charge is -2.38. The van der Waals surface area contributed by atoms with Crippen LogP contribution in [0.4, 0.5) is 0 Å². The Balaban J connectivity index is 1.67. The first-order chi connectivity index (χ1) is 9.46. The number of ether oxygens (including phenoxy) is 1. The number of hydrogen-bond donors (Lipinski definition) is 0. The van der Waals surface area contributed by atoms with Crippen molar-refractivity contribution < 1.29 is 9.53 Å². The fourth-order valence-electron chi connectivity index (χ4n) is 3.43. The Morgan fingerprint density at radius 2 is 2.25 bits per heavy atom. The van der Waals surface area contributed by atoms with Crippen molar-refractivity contribution in [1.29, 1.82) is 0 Å². The molecule has 3 heteroatoms. The molecule has 0 aliphatic heterocycles. The van der Waals surface area contributed by atoms with Crippen molar-refractivity contribution in [2.75, 3.05) is 6.61 Å². The van der Waals surface area contributed by atoms with Gasteiger partial charge in [0.25, 0.3) is 0 Å². The van der Waals surface area contributed by atoms with Crippen LogP contribution >= 0.6 is 11.3 Å². The van der Waals surface area contributed by atoms with Gasteiger partial charge in [0.2, 0.25) is 0 Å². The predicted octanol–water partition coefficient (Wildman–Crippen LogP) is 4.94. The lowest BCUT2D eigenvalue weighted by Crippen LogP contribution is -2.32. The molecule has 0 bridgehead atoms. The third kappa shape index (κ3) is 4.71. The number of Topliss-reactive ketones (excluding diaryl/α,β-unsaturated/α-hetero) is 1. The molecular formula is C17H26O2S. The van der Waals surface area contributed by atoms with Crippen molar-refractivity contribution in [2.24, 2.45) is 11.3 Å². The van der Waals surface area contributed by atoms with Crippen LogP contribution in [0.15, 0.2) is 17.5 Å². The standard InChI is InChI=1S/C17H26O2S/c1-13-10-14(12-17(2,3)11-13)19-8-4-6-15(18)16-7-5-9-20-16/h5,7,9,13-14H,4,6,8,10-12H2,1-3H3. The predicted molar refractivity (Wildman–Crippen MR) is 84.4 cm³/mol. The molecule has 1 aromatic heterocycles. The fourth-order valence-corrected chi connectivity index (χ4v) is 4.12. The van der Waals surface area contributed by atoms with Crippen molar-refractivity contribution in [3.8, 4) is 0 Å². The van der Waals surface area contributed by atoms with Crippen LogP contribution in [0.1, 0.15) is 62.5 Å². The maximum Gasteiger partial charge on any atom is 0.172 e. The number of ketones is 1. The fraction of sp³-hybridized carbons (Fsp3) is 0.706. The highest BCUT2D eigenvalue weighted by Crippen LogP contribution is 2.39. The molecule has 0 radical (unpaired) electrons.